The van der Waals surface area contributed by atoms with Crippen molar-refractivity contribution in [3.8, 4) is 5.75 Å². The lowest BCUT2D eigenvalue weighted by molar-refractivity contribution is -0.144. The average molecular weight is 555 g/mol. The molecule has 10 nitrogen and oxygen atoms in total. The number of carbonyl (C=O) groups excluding carboxylic acids is 3. The van der Waals surface area contributed by atoms with Crippen molar-refractivity contribution in [2.24, 2.45) is 0 Å². The van der Waals surface area contributed by atoms with Crippen molar-refractivity contribution in [3.63, 3.8) is 0 Å². The van der Waals surface area contributed by atoms with Crippen LogP contribution in [-0.2, 0) is 26.3 Å². The highest BCUT2D eigenvalue weighted by Crippen LogP contribution is 2.37. The fourth-order valence-corrected chi connectivity index (χ4v) is 4.99. The number of carbonyl (C=O) groups is 3. The van der Waals surface area contributed by atoms with Crippen LogP contribution in [0.3, 0.4) is 0 Å². The predicted octanol–water partition coefficient (Wildman–Crippen LogP) is 4.34. The molecule has 1 aromatic carbocycles. The third kappa shape index (κ3) is 8.17. The Bertz CT molecular complexity index is 1170. The van der Waals surface area contributed by atoms with Crippen LogP contribution >= 0.6 is 0 Å². The zero-order valence-electron chi connectivity index (χ0n) is 24.4. The van der Waals surface area contributed by atoms with E-state index in [2.05, 4.69) is 10.3 Å². The van der Waals surface area contributed by atoms with Gasteiger partial charge in [0.2, 0.25) is 5.91 Å². The summed E-state index contributed by atoms with van der Waals surface area (Å²) in [5.74, 6) is -0.0910. The molecule has 0 aliphatic carbocycles. The van der Waals surface area contributed by atoms with E-state index >= 15 is 0 Å². The number of aromatic nitrogens is 1. The topological polar surface area (TPSA) is 130 Å². The van der Waals surface area contributed by atoms with Crippen LogP contribution in [0.5, 0.6) is 5.75 Å². The van der Waals surface area contributed by atoms with E-state index < -0.39 is 29.1 Å². The minimum Gasteiger partial charge on any atom is -0.489 e. The molecule has 2 atom stereocenters. The summed E-state index contributed by atoms with van der Waals surface area (Å²) in [6.45, 7) is 12.3. The average Bonchev–Trinajstić information content (AvgIpc) is 3.18. The van der Waals surface area contributed by atoms with E-state index in [1.54, 1.807) is 31.2 Å². The van der Waals surface area contributed by atoms with Crippen LogP contribution < -0.4 is 15.5 Å². The van der Waals surface area contributed by atoms with E-state index in [9.17, 15) is 19.6 Å². The summed E-state index contributed by atoms with van der Waals surface area (Å²) in [5, 5.41) is 12.0. The molecule has 1 saturated heterocycles. The summed E-state index contributed by atoms with van der Waals surface area (Å²) < 4.78 is 11.2. The van der Waals surface area contributed by atoms with Crippen molar-refractivity contribution in [1.82, 2.24) is 20.7 Å². The fraction of sp³-hybridized carbons (Fsp3) is 0.533. The quantitative estimate of drug-likeness (QED) is 0.214. The molecule has 0 saturated carbocycles. The molecule has 1 aromatic heterocycles. The van der Waals surface area contributed by atoms with Gasteiger partial charge in [-0.3, -0.25) is 19.8 Å². The molecule has 2 unspecified atom stereocenters. The molecular formula is C30H42N4O6. The van der Waals surface area contributed by atoms with Crippen molar-refractivity contribution < 1.29 is 29.1 Å². The van der Waals surface area contributed by atoms with Crippen molar-refractivity contribution in [3.05, 3.63) is 58.9 Å². The number of hydroxylamine groups is 1. The number of pyridine rings is 1. The Kier molecular flexibility index (Phi) is 10.1. The molecule has 1 aliphatic heterocycles. The van der Waals surface area contributed by atoms with Gasteiger partial charge in [0.15, 0.2) is 0 Å². The Hall–Kier alpha value is -3.66. The van der Waals surface area contributed by atoms with Gasteiger partial charge in [0.1, 0.15) is 24.0 Å². The number of nitrogens with one attached hydrogen (secondary N) is 2. The second kappa shape index (κ2) is 13.1. The van der Waals surface area contributed by atoms with Gasteiger partial charge in [-0.25, -0.2) is 10.3 Å². The third-order valence-electron chi connectivity index (χ3n) is 6.99. The lowest BCUT2D eigenvalue weighted by Crippen LogP contribution is -2.49. The maximum atomic E-state index is 13.6. The largest absolute Gasteiger partial charge is 0.489 e. The van der Waals surface area contributed by atoms with Gasteiger partial charge >= 0.3 is 6.09 Å². The monoisotopic (exact) mass is 554 g/mol. The zero-order chi connectivity index (χ0) is 29.5. The predicted molar refractivity (Wildman–Crippen MR) is 150 cm³/mol. The lowest BCUT2D eigenvalue weighted by atomic mass is 9.81. The van der Waals surface area contributed by atoms with Gasteiger partial charge in [-0.2, -0.15) is 0 Å². The maximum absolute atomic E-state index is 13.6. The van der Waals surface area contributed by atoms with Crippen molar-refractivity contribution in [2.75, 3.05) is 13.1 Å². The number of likely N-dealkylation sites (tertiary alicyclic amines) is 1. The van der Waals surface area contributed by atoms with Crippen molar-refractivity contribution in [2.45, 2.75) is 90.9 Å². The Morgan fingerprint density at radius 2 is 1.77 bits per heavy atom. The van der Waals surface area contributed by atoms with Gasteiger partial charge in [-0.15, -0.1) is 0 Å². The van der Waals surface area contributed by atoms with E-state index in [0.717, 1.165) is 22.5 Å². The normalized spacial score (nSPS) is 17.9. The molecule has 2 heterocycles. The van der Waals surface area contributed by atoms with Crippen LogP contribution in [0.4, 0.5) is 4.79 Å². The number of hydrogen-bond acceptors (Lipinski definition) is 7. The Labute approximate surface area is 236 Å². The smallest absolute Gasteiger partial charge is 0.407 e. The second-order valence-electron chi connectivity index (χ2n) is 11.6. The van der Waals surface area contributed by atoms with Crippen LogP contribution in [0.2, 0.25) is 0 Å². The van der Waals surface area contributed by atoms with Crippen molar-refractivity contribution in [1.29, 1.82) is 0 Å². The van der Waals surface area contributed by atoms with Crippen LogP contribution in [0, 0.1) is 13.8 Å². The highest BCUT2D eigenvalue weighted by atomic mass is 16.6. The molecule has 3 amide bonds. The molecule has 1 fully saturated rings. The number of unbranched alkanes of at least 4 members (excludes halogenated alkanes) is 1. The highest BCUT2D eigenvalue weighted by Gasteiger charge is 2.47. The first-order valence-electron chi connectivity index (χ1n) is 13.7. The number of nitrogens with zero attached hydrogens (tertiary/aromatic N) is 2. The maximum Gasteiger partial charge on any atom is 0.407 e. The van der Waals surface area contributed by atoms with E-state index in [1.165, 1.54) is 0 Å². The highest BCUT2D eigenvalue weighted by molar-refractivity contribution is 5.94. The molecule has 10 heteroatoms. The molecular weight excluding hydrogens is 512 g/mol. The minimum absolute atomic E-state index is 0.163. The Morgan fingerprint density at radius 1 is 1.12 bits per heavy atom. The van der Waals surface area contributed by atoms with Gasteiger partial charge < -0.3 is 19.7 Å². The Morgan fingerprint density at radius 3 is 2.38 bits per heavy atom. The number of benzene rings is 1. The van der Waals surface area contributed by atoms with E-state index in [4.69, 9.17) is 9.47 Å². The third-order valence-corrected chi connectivity index (χ3v) is 6.99. The SMILES string of the molecule is Cc1cc(COc2ccc(C3(C)CCN(C(CCCCNC(=O)OC(C)(C)C)C(=O)NO)C3=O)cc2)cc(C)n1. The summed E-state index contributed by atoms with van der Waals surface area (Å²) in [6, 6.07) is 10.7. The summed E-state index contributed by atoms with van der Waals surface area (Å²) in [7, 11) is 0. The van der Waals surface area contributed by atoms with Crippen LogP contribution in [0.25, 0.3) is 0 Å². The molecule has 0 radical (unpaired) electrons. The van der Waals surface area contributed by atoms with Gasteiger partial charge in [0.05, 0.1) is 5.41 Å². The molecule has 1 aliphatic rings. The molecule has 40 heavy (non-hydrogen) atoms. The lowest BCUT2D eigenvalue weighted by Gasteiger charge is -2.29. The number of aryl methyl sites for hydroxylation is 2. The molecule has 3 N–H and O–H groups in total. The summed E-state index contributed by atoms with van der Waals surface area (Å²) >= 11 is 0. The standard InChI is InChI=1S/C30H42N4O6/c1-20-17-22(18-21(2)32-20)19-39-24-12-10-23(11-13-24)30(6)14-16-34(27(30)36)25(26(35)33-38)9-7-8-15-31-28(37)40-29(3,4)5/h10-13,17-18,25,38H,7-9,14-16,19H2,1-6H3,(H,31,37)(H,33,35). The van der Waals surface area contributed by atoms with Gasteiger partial charge in [-0.1, -0.05) is 12.1 Å². The van der Waals surface area contributed by atoms with Gasteiger partial charge in [0.25, 0.3) is 5.91 Å². The van der Waals surface area contributed by atoms with Gasteiger partial charge in [-0.05, 0) is 103 Å². The molecule has 0 spiro atoms. The van der Waals surface area contributed by atoms with E-state index in [-0.39, 0.29) is 5.91 Å². The van der Waals surface area contributed by atoms with E-state index in [1.807, 2.05) is 57.2 Å². The number of alkyl carbamates (subject to hydrolysis) is 1. The van der Waals surface area contributed by atoms with E-state index in [0.29, 0.717) is 51.1 Å². The summed E-state index contributed by atoms with van der Waals surface area (Å²) in [5.41, 5.74) is 4.09. The van der Waals surface area contributed by atoms with Crippen LogP contribution in [0.15, 0.2) is 36.4 Å². The first-order valence-corrected chi connectivity index (χ1v) is 13.7. The molecule has 2 aromatic rings. The summed E-state index contributed by atoms with van der Waals surface area (Å²) in [4.78, 5) is 43.9. The number of amides is 3. The molecule has 3 rings (SSSR count). The summed E-state index contributed by atoms with van der Waals surface area (Å²) in [6.07, 6.45) is 1.55. The fourth-order valence-electron chi connectivity index (χ4n) is 4.99. The van der Waals surface area contributed by atoms with Crippen molar-refractivity contribution >= 4 is 17.9 Å². The first-order chi connectivity index (χ1) is 18.8. The second-order valence-corrected chi connectivity index (χ2v) is 11.6. The Balaban J connectivity index is 1.58. The van der Waals surface area contributed by atoms with Crippen LogP contribution in [-0.4, -0.2) is 57.7 Å². The number of rotatable bonds is 11. The van der Waals surface area contributed by atoms with Crippen LogP contribution in [0.1, 0.15) is 75.9 Å². The van der Waals surface area contributed by atoms with Gasteiger partial charge in [0, 0.05) is 24.5 Å². The zero-order valence-corrected chi connectivity index (χ0v) is 24.4. The molecule has 218 valence electrons. The minimum atomic E-state index is -0.810. The molecule has 0 bridgehead atoms. The number of ether oxygens (including phenoxy) is 2. The number of hydrogen-bond donors (Lipinski definition) is 3. The first kappa shape index (κ1) is 30.9.